The molecular formula is C8H4BrClN2. The third-order valence-electron chi connectivity index (χ3n) is 1.50. The van der Waals surface area contributed by atoms with Gasteiger partial charge in [0.15, 0.2) is 0 Å². The predicted molar refractivity (Wildman–Crippen MR) is 52.2 cm³/mol. The van der Waals surface area contributed by atoms with Crippen LogP contribution in [-0.4, -0.2) is 9.97 Å². The molecule has 4 heteroatoms. The summed E-state index contributed by atoms with van der Waals surface area (Å²) in [7, 11) is 0. The maximum Gasteiger partial charge on any atom is 0.144 e. The number of rotatable bonds is 0. The number of halogens is 2. The Bertz CT molecular complexity index is 390. The summed E-state index contributed by atoms with van der Waals surface area (Å²) in [6.07, 6.45) is 1.73. The molecule has 0 fully saturated rings. The Labute approximate surface area is 82.7 Å². The van der Waals surface area contributed by atoms with Crippen LogP contribution in [0.4, 0.5) is 0 Å². The molecule has 0 aromatic carbocycles. The molecule has 2 rings (SSSR count). The molecule has 0 radical (unpaired) electrons. The lowest BCUT2D eigenvalue weighted by Gasteiger charge is -1.97. The first-order chi connectivity index (χ1) is 5.77. The van der Waals surface area contributed by atoms with E-state index >= 15 is 0 Å². The van der Waals surface area contributed by atoms with Crippen molar-refractivity contribution in [3.05, 3.63) is 34.0 Å². The van der Waals surface area contributed by atoms with Crippen LogP contribution < -0.4 is 0 Å². The Morgan fingerprint density at radius 2 is 2.17 bits per heavy atom. The summed E-state index contributed by atoms with van der Waals surface area (Å²) in [5.41, 5.74) is 1.65. The van der Waals surface area contributed by atoms with E-state index in [4.69, 9.17) is 11.6 Å². The zero-order valence-electron chi connectivity index (χ0n) is 5.96. The third-order valence-corrected chi connectivity index (χ3v) is 2.62. The second-order valence-electron chi connectivity index (χ2n) is 2.30. The zero-order valence-corrected chi connectivity index (χ0v) is 8.30. The Morgan fingerprint density at radius 3 is 3.00 bits per heavy atom. The van der Waals surface area contributed by atoms with Crippen molar-refractivity contribution in [1.29, 1.82) is 0 Å². The van der Waals surface area contributed by atoms with Crippen LogP contribution in [0.5, 0.6) is 0 Å². The molecule has 0 N–H and O–H groups in total. The number of nitrogens with zero attached hydrogens (tertiary/aromatic N) is 2. The van der Waals surface area contributed by atoms with Gasteiger partial charge in [-0.2, -0.15) is 0 Å². The fourth-order valence-electron chi connectivity index (χ4n) is 0.954. The molecule has 0 unspecified atom stereocenters. The number of pyridine rings is 2. The van der Waals surface area contributed by atoms with Gasteiger partial charge in [0.25, 0.3) is 0 Å². The molecule has 0 amide bonds. The van der Waals surface area contributed by atoms with Crippen molar-refractivity contribution in [2.75, 3.05) is 0 Å². The first kappa shape index (κ1) is 7.95. The molecule has 2 aromatic rings. The molecule has 0 aliphatic rings. The van der Waals surface area contributed by atoms with Crippen molar-refractivity contribution >= 4 is 38.6 Å². The van der Waals surface area contributed by atoms with Gasteiger partial charge in [-0.15, -0.1) is 0 Å². The molecule has 60 valence electrons. The fraction of sp³-hybridized carbons (Fsp3) is 0. The normalized spacial score (nSPS) is 10.5. The van der Waals surface area contributed by atoms with Gasteiger partial charge in [0.1, 0.15) is 5.15 Å². The van der Waals surface area contributed by atoms with Gasteiger partial charge in [0.2, 0.25) is 0 Å². The summed E-state index contributed by atoms with van der Waals surface area (Å²) in [5.74, 6) is 0. The highest BCUT2D eigenvalue weighted by molar-refractivity contribution is 9.10. The highest BCUT2D eigenvalue weighted by Crippen LogP contribution is 2.23. The van der Waals surface area contributed by atoms with Crippen LogP contribution in [0.3, 0.4) is 0 Å². The first-order valence-electron chi connectivity index (χ1n) is 3.34. The molecule has 0 saturated heterocycles. The number of aromatic nitrogens is 2. The second-order valence-corrected chi connectivity index (χ2v) is 3.52. The summed E-state index contributed by atoms with van der Waals surface area (Å²) >= 11 is 9.08. The smallest absolute Gasteiger partial charge is 0.144 e. The summed E-state index contributed by atoms with van der Waals surface area (Å²) in [5, 5.41) is 0.468. The molecule has 0 aliphatic heterocycles. The first-order valence-corrected chi connectivity index (χ1v) is 4.51. The van der Waals surface area contributed by atoms with E-state index < -0.39 is 0 Å². The molecule has 2 nitrogen and oxygen atoms in total. The van der Waals surface area contributed by atoms with E-state index in [0.29, 0.717) is 5.15 Å². The largest absolute Gasteiger partial charge is 0.255 e. The molecule has 12 heavy (non-hydrogen) atoms. The van der Waals surface area contributed by atoms with Gasteiger partial charge >= 0.3 is 0 Å². The van der Waals surface area contributed by atoms with Crippen LogP contribution in [0.15, 0.2) is 28.9 Å². The van der Waals surface area contributed by atoms with E-state index in [1.807, 2.05) is 18.2 Å². The van der Waals surface area contributed by atoms with Crippen molar-refractivity contribution in [1.82, 2.24) is 9.97 Å². The predicted octanol–water partition coefficient (Wildman–Crippen LogP) is 3.05. The fourth-order valence-corrected chi connectivity index (χ4v) is 1.40. The van der Waals surface area contributed by atoms with Crippen molar-refractivity contribution in [2.45, 2.75) is 0 Å². The van der Waals surface area contributed by atoms with Crippen LogP contribution in [-0.2, 0) is 0 Å². The molecule has 0 aliphatic carbocycles. The van der Waals surface area contributed by atoms with Crippen LogP contribution in [0.25, 0.3) is 11.0 Å². The summed E-state index contributed by atoms with van der Waals surface area (Å²) in [6.45, 7) is 0. The average Bonchev–Trinajstić information content (AvgIpc) is 2.07. The van der Waals surface area contributed by atoms with E-state index in [2.05, 4.69) is 25.9 Å². The standard InChI is InChI=1S/C8H4BrClN2/c9-5-4-7-6(12-8(5)10)2-1-3-11-7/h1-4H. The van der Waals surface area contributed by atoms with E-state index in [1.165, 1.54) is 0 Å². The average molecular weight is 243 g/mol. The Kier molecular flexibility index (Phi) is 1.98. The van der Waals surface area contributed by atoms with E-state index in [0.717, 1.165) is 15.5 Å². The Balaban J connectivity index is 2.84. The minimum absolute atomic E-state index is 0.468. The topological polar surface area (TPSA) is 25.8 Å². The van der Waals surface area contributed by atoms with Gasteiger partial charge in [-0.1, -0.05) is 11.6 Å². The van der Waals surface area contributed by atoms with Crippen LogP contribution in [0.1, 0.15) is 0 Å². The lowest BCUT2D eigenvalue weighted by Crippen LogP contribution is -1.83. The van der Waals surface area contributed by atoms with Gasteiger partial charge in [0.05, 0.1) is 15.5 Å². The lowest BCUT2D eigenvalue weighted by atomic mass is 10.3. The van der Waals surface area contributed by atoms with Gasteiger partial charge in [-0.25, -0.2) is 4.98 Å². The molecule has 0 spiro atoms. The number of hydrogen-bond donors (Lipinski definition) is 0. The second kappa shape index (κ2) is 2.99. The van der Waals surface area contributed by atoms with Gasteiger partial charge in [-0.3, -0.25) is 4.98 Å². The Hall–Kier alpha value is -0.670. The van der Waals surface area contributed by atoms with E-state index in [1.54, 1.807) is 6.20 Å². The van der Waals surface area contributed by atoms with Crippen molar-refractivity contribution in [3.63, 3.8) is 0 Å². The molecule has 0 atom stereocenters. The molecule has 2 heterocycles. The molecule has 0 saturated carbocycles. The third kappa shape index (κ3) is 1.30. The monoisotopic (exact) mass is 242 g/mol. The molecular weight excluding hydrogens is 239 g/mol. The number of hydrogen-bond acceptors (Lipinski definition) is 2. The van der Waals surface area contributed by atoms with E-state index in [-0.39, 0.29) is 0 Å². The summed E-state index contributed by atoms with van der Waals surface area (Å²) < 4.78 is 0.773. The van der Waals surface area contributed by atoms with Gasteiger partial charge in [-0.05, 0) is 34.1 Å². The number of fused-ring (bicyclic) bond motifs is 1. The van der Waals surface area contributed by atoms with Crippen molar-refractivity contribution in [2.24, 2.45) is 0 Å². The van der Waals surface area contributed by atoms with Crippen LogP contribution in [0, 0.1) is 0 Å². The summed E-state index contributed by atoms with van der Waals surface area (Å²) in [4.78, 5) is 8.26. The minimum Gasteiger partial charge on any atom is -0.255 e. The highest BCUT2D eigenvalue weighted by atomic mass is 79.9. The molecule has 2 aromatic heterocycles. The minimum atomic E-state index is 0.468. The summed E-state index contributed by atoms with van der Waals surface area (Å²) in [6, 6.07) is 5.56. The maximum atomic E-state index is 5.80. The van der Waals surface area contributed by atoms with Gasteiger partial charge in [0, 0.05) is 6.20 Å². The van der Waals surface area contributed by atoms with E-state index in [9.17, 15) is 0 Å². The maximum absolute atomic E-state index is 5.80. The zero-order chi connectivity index (χ0) is 8.55. The highest BCUT2D eigenvalue weighted by Gasteiger charge is 2.01. The quantitative estimate of drug-likeness (QED) is 0.665. The Morgan fingerprint density at radius 1 is 1.33 bits per heavy atom. The lowest BCUT2D eigenvalue weighted by molar-refractivity contribution is 1.32. The van der Waals surface area contributed by atoms with Crippen LogP contribution in [0.2, 0.25) is 5.15 Å². The van der Waals surface area contributed by atoms with Crippen LogP contribution >= 0.6 is 27.5 Å². The SMILES string of the molecule is Clc1nc2cccnc2cc1Br. The van der Waals surface area contributed by atoms with Crippen molar-refractivity contribution in [3.8, 4) is 0 Å². The van der Waals surface area contributed by atoms with Gasteiger partial charge < -0.3 is 0 Å². The molecule has 0 bridgehead atoms. The van der Waals surface area contributed by atoms with Crippen molar-refractivity contribution < 1.29 is 0 Å².